The third kappa shape index (κ3) is 1.60. The first-order valence-corrected chi connectivity index (χ1v) is 7.11. The summed E-state index contributed by atoms with van der Waals surface area (Å²) in [7, 11) is 2.17. The van der Waals surface area contributed by atoms with E-state index in [1.165, 1.54) is 12.0 Å². The number of likely N-dealkylation sites (N-methyl/N-ethyl adjacent to an activating group) is 1. The number of aliphatic hydroxyl groups excluding tert-OH is 1. The summed E-state index contributed by atoms with van der Waals surface area (Å²) in [6.07, 6.45) is 4.13. The fraction of sp³-hybridized carbons (Fsp3) is 0.571. The Bertz CT molecular complexity index is 419. The van der Waals surface area contributed by atoms with Gasteiger partial charge in [-0.1, -0.05) is 28.1 Å². The number of rotatable bonds is 1. The Labute approximate surface area is 111 Å². The van der Waals surface area contributed by atoms with Gasteiger partial charge in [0.15, 0.2) is 0 Å². The zero-order valence-electron chi connectivity index (χ0n) is 10.1. The molecule has 1 N–H and O–H groups in total. The maximum Gasteiger partial charge on any atom is 0.0766 e. The predicted molar refractivity (Wildman–Crippen MR) is 71.8 cm³/mol. The first-order valence-electron chi connectivity index (χ1n) is 6.31. The van der Waals surface area contributed by atoms with Gasteiger partial charge in [-0.05, 0) is 50.4 Å². The highest BCUT2D eigenvalue weighted by Crippen LogP contribution is 2.49. The van der Waals surface area contributed by atoms with E-state index in [2.05, 4.69) is 52.1 Å². The second-order valence-corrected chi connectivity index (χ2v) is 6.24. The molecule has 1 aromatic carbocycles. The molecule has 0 amide bonds. The molecule has 0 spiro atoms. The van der Waals surface area contributed by atoms with Crippen LogP contribution in [0.15, 0.2) is 28.7 Å². The van der Waals surface area contributed by atoms with Crippen molar-refractivity contribution in [1.82, 2.24) is 4.90 Å². The molecule has 92 valence electrons. The molecule has 3 unspecified atom stereocenters. The van der Waals surface area contributed by atoms with Crippen molar-refractivity contribution in [2.24, 2.45) is 0 Å². The minimum absolute atomic E-state index is 0.135. The van der Waals surface area contributed by atoms with Crippen LogP contribution in [0, 0.1) is 0 Å². The van der Waals surface area contributed by atoms with E-state index < -0.39 is 0 Å². The fourth-order valence-electron chi connectivity index (χ4n) is 3.69. The Morgan fingerprint density at radius 1 is 1.24 bits per heavy atom. The molecule has 3 heteroatoms. The van der Waals surface area contributed by atoms with E-state index in [1.807, 2.05) is 0 Å². The van der Waals surface area contributed by atoms with E-state index >= 15 is 0 Å². The summed E-state index contributed by atoms with van der Waals surface area (Å²) in [5.74, 6) is 0. The van der Waals surface area contributed by atoms with Gasteiger partial charge in [-0.3, -0.25) is 4.90 Å². The lowest BCUT2D eigenvalue weighted by atomic mass is 9.79. The quantitative estimate of drug-likeness (QED) is 0.861. The van der Waals surface area contributed by atoms with E-state index in [1.54, 1.807) is 0 Å². The van der Waals surface area contributed by atoms with Gasteiger partial charge < -0.3 is 5.11 Å². The van der Waals surface area contributed by atoms with Gasteiger partial charge in [-0.25, -0.2) is 0 Å². The van der Waals surface area contributed by atoms with Crippen LogP contribution in [0.2, 0.25) is 0 Å². The van der Waals surface area contributed by atoms with Crippen molar-refractivity contribution in [3.63, 3.8) is 0 Å². The molecule has 2 heterocycles. The Morgan fingerprint density at radius 2 is 1.94 bits per heavy atom. The standard InChI is InChI=1S/C14H18BrNO/c1-16-12-6-7-13(17)14(16,9-8-12)10-2-4-11(15)5-3-10/h2-5,12-13,17H,6-9H2,1H3. The monoisotopic (exact) mass is 295 g/mol. The Morgan fingerprint density at radius 3 is 2.65 bits per heavy atom. The number of benzene rings is 1. The van der Waals surface area contributed by atoms with Crippen molar-refractivity contribution >= 4 is 15.9 Å². The summed E-state index contributed by atoms with van der Waals surface area (Å²) in [6.45, 7) is 0. The number of piperidine rings is 1. The van der Waals surface area contributed by atoms with Gasteiger partial charge in [0.25, 0.3) is 0 Å². The topological polar surface area (TPSA) is 23.5 Å². The van der Waals surface area contributed by atoms with Crippen molar-refractivity contribution in [2.45, 2.75) is 43.4 Å². The summed E-state index contributed by atoms with van der Waals surface area (Å²) in [5, 5.41) is 10.5. The molecule has 3 atom stereocenters. The SMILES string of the molecule is CN1C2CCC(O)C1(c1ccc(Br)cc1)CC2. The maximum absolute atomic E-state index is 10.5. The van der Waals surface area contributed by atoms with Gasteiger partial charge in [-0.2, -0.15) is 0 Å². The first-order chi connectivity index (χ1) is 8.14. The van der Waals surface area contributed by atoms with Crippen molar-refractivity contribution in [3.8, 4) is 0 Å². The Kier molecular flexibility index (Phi) is 2.80. The molecule has 2 fully saturated rings. The minimum atomic E-state index is -0.229. The Hall–Kier alpha value is -0.380. The van der Waals surface area contributed by atoms with Gasteiger partial charge in [0.2, 0.25) is 0 Å². The lowest BCUT2D eigenvalue weighted by molar-refractivity contribution is -0.0475. The molecule has 2 aliphatic heterocycles. The lowest BCUT2D eigenvalue weighted by Crippen LogP contribution is -2.54. The van der Waals surface area contributed by atoms with Crippen LogP contribution in [0.4, 0.5) is 0 Å². The van der Waals surface area contributed by atoms with E-state index in [4.69, 9.17) is 0 Å². The smallest absolute Gasteiger partial charge is 0.0766 e. The number of hydrogen-bond donors (Lipinski definition) is 1. The summed E-state index contributed by atoms with van der Waals surface area (Å²) in [4.78, 5) is 2.41. The molecule has 0 aliphatic carbocycles. The van der Waals surface area contributed by atoms with Crippen molar-refractivity contribution in [1.29, 1.82) is 0 Å². The second-order valence-electron chi connectivity index (χ2n) is 5.33. The zero-order chi connectivity index (χ0) is 12.0. The van der Waals surface area contributed by atoms with Gasteiger partial charge in [0, 0.05) is 10.5 Å². The highest BCUT2D eigenvalue weighted by atomic mass is 79.9. The molecule has 2 nitrogen and oxygen atoms in total. The first kappa shape index (κ1) is 11.7. The molecular formula is C14H18BrNO. The van der Waals surface area contributed by atoms with E-state index in [-0.39, 0.29) is 11.6 Å². The van der Waals surface area contributed by atoms with Crippen LogP contribution in [-0.2, 0) is 5.54 Å². The second kappa shape index (κ2) is 4.08. The molecule has 0 saturated carbocycles. The average Bonchev–Trinajstić information content (AvgIpc) is 2.54. The van der Waals surface area contributed by atoms with Crippen LogP contribution >= 0.6 is 15.9 Å². The number of hydrogen-bond acceptors (Lipinski definition) is 2. The van der Waals surface area contributed by atoms with Crippen LogP contribution < -0.4 is 0 Å². The van der Waals surface area contributed by atoms with Crippen LogP contribution in [0.25, 0.3) is 0 Å². The van der Waals surface area contributed by atoms with E-state index in [0.29, 0.717) is 6.04 Å². The van der Waals surface area contributed by atoms with Crippen molar-refractivity contribution < 1.29 is 5.11 Å². The van der Waals surface area contributed by atoms with Gasteiger partial charge in [0.05, 0.1) is 11.6 Å². The maximum atomic E-state index is 10.5. The Balaban J connectivity index is 2.06. The zero-order valence-corrected chi connectivity index (χ0v) is 11.7. The normalized spacial score (nSPS) is 37.4. The van der Waals surface area contributed by atoms with Crippen LogP contribution in [0.5, 0.6) is 0 Å². The molecule has 2 aliphatic rings. The third-order valence-corrected chi connectivity index (χ3v) is 5.23. The largest absolute Gasteiger partial charge is 0.391 e. The molecule has 0 aromatic heterocycles. The lowest BCUT2D eigenvalue weighted by Gasteiger charge is -2.46. The molecular weight excluding hydrogens is 278 g/mol. The molecule has 1 aromatic rings. The third-order valence-electron chi connectivity index (χ3n) is 4.70. The average molecular weight is 296 g/mol. The van der Waals surface area contributed by atoms with Gasteiger partial charge >= 0.3 is 0 Å². The predicted octanol–water partition coefficient (Wildman–Crippen LogP) is 2.89. The number of nitrogens with zero attached hydrogens (tertiary/aromatic N) is 1. The van der Waals surface area contributed by atoms with Gasteiger partial charge in [0.1, 0.15) is 0 Å². The van der Waals surface area contributed by atoms with Crippen molar-refractivity contribution in [3.05, 3.63) is 34.3 Å². The van der Waals surface area contributed by atoms with E-state index in [0.717, 1.165) is 23.7 Å². The minimum Gasteiger partial charge on any atom is -0.391 e. The summed E-state index contributed by atoms with van der Waals surface area (Å²) < 4.78 is 1.10. The molecule has 3 rings (SSSR count). The molecule has 2 bridgehead atoms. The van der Waals surface area contributed by atoms with E-state index in [9.17, 15) is 5.11 Å². The molecule has 0 radical (unpaired) electrons. The highest BCUT2D eigenvalue weighted by Gasteiger charge is 2.52. The fourth-order valence-corrected chi connectivity index (χ4v) is 3.95. The van der Waals surface area contributed by atoms with Crippen LogP contribution in [-0.4, -0.2) is 29.2 Å². The summed E-state index contributed by atoms with van der Waals surface area (Å²) >= 11 is 3.47. The van der Waals surface area contributed by atoms with Crippen molar-refractivity contribution in [2.75, 3.05) is 7.05 Å². The number of aliphatic hydroxyl groups is 1. The highest BCUT2D eigenvalue weighted by molar-refractivity contribution is 9.10. The number of fused-ring (bicyclic) bond motifs is 2. The molecule has 17 heavy (non-hydrogen) atoms. The summed E-state index contributed by atoms with van der Waals surface area (Å²) in [5.41, 5.74) is 1.13. The van der Waals surface area contributed by atoms with Gasteiger partial charge in [-0.15, -0.1) is 0 Å². The van der Waals surface area contributed by atoms with Crippen LogP contribution in [0.3, 0.4) is 0 Å². The van der Waals surface area contributed by atoms with Crippen LogP contribution in [0.1, 0.15) is 31.2 Å². The number of halogens is 1. The summed E-state index contributed by atoms with van der Waals surface area (Å²) in [6, 6.07) is 9.11. The molecule has 2 saturated heterocycles.